The third kappa shape index (κ3) is 5.78. The van der Waals surface area contributed by atoms with E-state index >= 15 is 0 Å². The minimum absolute atomic E-state index is 0.0758. The van der Waals surface area contributed by atoms with Crippen LogP contribution in [0.4, 0.5) is 23.2 Å². The number of rotatable bonds is 6. The van der Waals surface area contributed by atoms with Gasteiger partial charge >= 0.3 is 6.18 Å². The fourth-order valence-electron chi connectivity index (χ4n) is 3.18. The predicted octanol–water partition coefficient (Wildman–Crippen LogP) is 6.59. The van der Waals surface area contributed by atoms with Crippen molar-refractivity contribution in [3.63, 3.8) is 0 Å². The maximum absolute atomic E-state index is 13.3. The molecule has 1 heterocycles. The summed E-state index contributed by atoms with van der Waals surface area (Å²) in [4.78, 5) is 4.81. The van der Waals surface area contributed by atoms with Crippen LogP contribution in [0.5, 0.6) is 11.5 Å². The van der Waals surface area contributed by atoms with Crippen LogP contribution in [0.25, 0.3) is 11.3 Å². The summed E-state index contributed by atoms with van der Waals surface area (Å²) in [6.45, 7) is 2.26. The second-order valence-electron chi connectivity index (χ2n) is 7.28. The Kier molecular flexibility index (Phi) is 7.02. The molecule has 0 spiro atoms. The molecule has 35 heavy (non-hydrogen) atoms. The number of aromatic nitrogens is 1. The van der Waals surface area contributed by atoms with E-state index < -0.39 is 17.6 Å². The van der Waals surface area contributed by atoms with E-state index in [4.69, 9.17) is 4.74 Å². The molecule has 1 N–H and O–H groups in total. The molecule has 0 aliphatic rings. The van der Waals surface area contributed by atoms with Gasteiger partial charge in [-0.2, -0.15) is 18.3 Å². The van der Waals surface area contributed by atoms with Crippen molar-refractivity contribution in [1.29, 1.82) is 0 Å². The lowest BCUT2D eigenvalue weighted by Gasteiger charge is -2.09. The highest BCUT2D eigenvalue weighted by atomic mass is 32.1. The number of hydrogen-bond donors (Lipinski definition) is 1. The summed E-state index contributed by atoms with van der Waals surface area (Å²) >= 11 is 1.16. The number of phenols is 1. The Morgan fingerprint density at radius 2 is 1.83 bits per heavy atom. The quantitative estimate of drug-likeness (QED) is 0.239. The zero-order valence-corrected chi connectivity index (χ0v) is 19.1. The SMILES string of the molecule is CCOc1ccc(/C=N/n2c(-c3cccc(C(F)(F)F)c3)csc2=Nc2ccc(F)cc2)c(O)c1. The van der Waals surface area contributed by atoms with E-state index in [0.29, 0.717) is 34.1 Å². The fourth-order valence-corrected chi connectivity index (χ4v) is 4.03. The van der Waals surface area contributed by atoms with Gasteiger partial charge in [-0.15, -0.1) is 11.3 Å². The van der Waals surface area contributed by atoms with E-state index in [1.54, 1.807) is 23.6 Å². The van der Waals surface area contributed by atoms with Crippen molar-refractivity contribution in [2.24, 2.45) is 10.1 Å². The summed E-state index contributed by atoms with van der Waals surface area (Å²) in [5.74, 6) is -0.00758. The van der Waals surface area contributed by atoms with Crippen molar-refractivity contribution in [3.8, 4) is 22.8 Å². The summed E-state index contributed by atoms with van der Waals surface area (Å²) < 4.78 is 59.9. The second-order valence-corrected chi connectivity index (χ2v) is 8.12. The average Bonchev–Trinajstić information content (AvgIpc) is 3.22. The van der Waals surface area contributed by atoms with E-state index in [-0.39, 0.29) is 11.3 Å². The molecule has 0 amide bonds. The van der Waals surface area contributed by atoms with Crippen molar-refractivity contribution in [2.75, 3.05) is 6.61 Å². The normalized spacial score (nSPS) is 12.4. The van der Waals surface area contributed by atoms with Crippen LogP contribution in [0.3, 0.4) is 0 Å². The van der Waals surface area contributed by atoms with Gasteiger partial charge in [0, 0.05) is 22.6 Å². The Bertz CT molecular complexity index is 1420. The molecule has 10 heteroatoms. The van der Waals surface area contributed by atoms with Crippen LogP contribution in [0.1, 0.15) is 18.1 Å². The number of benzene rings is 3. The summed E-state index contributed by atoms with van der Waals surface area (Å²) in [6.07, 6.45) is -3.13. The predicted molar refractivity (Wildman–Crippen MR) is 127 cm³/mol. The molecule has 0 radical (unpaired) electrons. The van der Waals surface area contributed by atoms with Crippen molar-refractivity contribution >= 4 is 23.2 Å². The van der Waals surface area contributed by atoms with Gasteiger partial charge in [0.1, 0.15) is 17.3 Å². The van der Waals surface area contributed by atoms with Crippen LogP contribution < -0.4 is 9.54 Å². The van der Waals surface area contributed by atoms with Crippen molar-refractivity contribution in [2.45, 2.75) is 13.1 Å². The Morgan fingerprint density at radius 1 is 1.06 bits per heavy atom. The largest absolute Gasteiger partial charge is 0.507 e. The maximum atomic E-state index is 13.3. The molecule has 0 saturated heterocycles. The molecule has 0 saturated carbocycles. The average molecular weight is 502 g/mol. The Labute approximate surface area is 201 Å². The van der Waals surface area contributed by atoms with E-state index in [2.05, 4.69) is 10.1 Å². The molecular weight excluding hydrogens is 482 g/mol. The minimum Gasteiger partial charge on any atom is -0.507 e. The highest BCUT2D eigenvalue weighted by Gasteiger charge is 2.30. The number of alkyl halides is 3. The lowest BCUT2D eigenvalue weighted by atomic mass is 10.1. The van der Waals surface area contributed by atoms with E-state index in [9.17, 15) is 22.7 Å². The van der Waals surface area contributed by atoms with Gasteiger partial charge < -0.3 is 9.84 Å². The van der Waals surface area contributed by atoms with Crippen molar-refractivity contribution in [3.05, 3.63) is 93.9 Å². The van der Waals surface area contributed by atoms with Gasteiger partial charge in [0.15, 0.2) is 0 Å². The smallest absolute Gasteiger partial charge is 0.416 e. The molecule has 0 bridgehead atoms. The van der Waals surface area contributed by atoms with Crippen LogP contribution in [0.15, 0.2) is 82.2 Å². The number of hydrogen-bond acceptors (Lipinski definition) is 5. The first-order chi connectivity index (χ1) is 16.7. The first kappa shape index (κ1) is 24.2. The third-order valence-corrected chi connectivity index (χ3v) is 5.66. The molecule has 0 atom stereocenters. The van der Waals surface area contributed by atoms with Gasteiger partial charge in [-0.05, 0) is 55.5 Å². The van der Waals surface area contributed by atoms with Gasteiger partial charge in [-0.1, -0.05) is 12.1 Å². The summed E-state index contributed by atoms with van der Waals surface area (Å²) in [5.41, 5.74) is 0.665. The molecule has 4 aromatic rings. The highest BCUT2D eigenvalue weighted by molar-refractivity contribution is 7.07. The standard InChI is InChI=1S/C25H19F4N3O2S/c1-2-34-21-11-6-17(23(33)13-21)14-30-32-22(16-4-3-5-18(12-16)25(27,28)29)15-35-24(32)31-20-9-7-19(26)8-10-20/h3-15,33H,2H2,1H3/b30-14+,31-24?. The molecule has 0 unspecified atom stereocenters. The Morgan fingerprint density at radius 3 is 2.51 bits per heavy atom. The third-order valence-electron chi connectivity index (χ3n) is 4.85. The number of phenolic OH excluding ortho intramolecular Hbond substituents is 1. The minimum atomic E-state index is -4.50. The van der Waals surface area contributed by atoms with Crippen LogP contribution in [0.2, 0.25) is 0 Å². The number of halogens is 4. The van der Waals surface area contributed by atoms with Crippen molar-refractivity contribution < 1.29 is 27.4 Å². The van der Waals surface area contributed by atoms with Gasteiger partial charge in [-0.3, -0.25) is 0 Å². The molecule has 5 nitrogen and oxygen atoms in total. The lowest BCUT2D eigenvalue weighted by molar-refractivity contribution is -0.137. The highest BCUT2D eigenvalue weighted by Crippen LogP contribution is 2.32. The van der Waals surface area contributed by atoms with Crippen LogP contribution in [-0.2, 0) is 6.18 Å². The lowest BCUT2D eigenvalue weighted by Crippen LogP contribution is -2.12. The number of ether oxygens (including phenoxy) is 1. The fraction of sp³-hybridized carbons (Fsp3) is 0.120. The van der Waals surface area contributed by atoms with Crippen LogP contribution in [-0.4, -0.2) is 22.6 Å². The topological polar surface area (TPSA) is 59.1 Å². The zero-order valence-electron chi connectivity index (χ0n) is 18.3. The van der Waals surface area contributed by atoms with Gasteiger partial charge in [0.05, 0.1) is 29.8 Å². The molecule has 1 aromatic heterocycles. The Balaban J connectivity index is 1.82. The molecule has 0 aliphatic carbocycles. The Hall–Kier alpha value is -3.92. The number of aromatic hydroxyl groups is 1. The van der Waals surface area contributed by atoms with E-state index in [0.717, 1.165) is 23.5 Å². The molecule has 0 aliphatic heterocycles. The summed E-state index contributed by atoms with van der Waals surface area (Å²) in [5, 5.41) is 16.4. The molecule has 3 aromatic carbocycles. The zero-order chi connectivity index (χ0) is 25.0. The maximum Gasteiger partial charge on any atom is 0.416 e. The first-order valence-electron chi connectivity index (χ1n) is 10.4. The van der Waals surface area contributed by atoms with Gasteiger partial charge in [0.25, 0.3) is 0 Å². The summed E-state index contributed by atoms with van der Waals surface area (Å²) in [6, 6.07) is 15.1. The number of thiazole rings is 1. The molecule has 180 valence electrons. The summed E-state index contributed by atoms with van der Waals surface area (Å²) in [7, 11) is 0. The number of nitrogens with zero attached hydrogens (tertiary/aromatic N) is 3. The van der Waals surface area contributed by atoms with Crippen molar-refractivity contribution in [1.82, 2.24) is 4.68 Å². The monoisotopic (exact) mass is 501 g/mol. The van der Waals surface area contributed by atoms with E-state index in [1.165, 1.54) is 47.3 Å². The van der Waals surface area contributed by atoms with E-state index in [1.807, 2.05) is 6.92 Å². The first-order valence-corrected chi connectivity index (χ1v) is 11.3. The second kappa shape index (κ2) is 10.1. The van der Waals surface area contributed by atoms with Gasteiger partial charge in [-0.25, -0.2) is 14.1 Å². The molecular formula is C25H19F4N3O2S. The van der Waals surface area contributed by atoms with Gasteiger partial charge in [0.2, 0.25) is 4.80 Å². The van der Waals surface area contributed by atoms with Crippen LogP contribution >= 0.6 is 11.3 Å². The molecule has 0 fully saturated rings. The van der Waals surface area contributed by atoms with Crippen LogP contribution in [0, 0.1) is 5.82 Å². The molecule has 4 rings (SSSR count).